The van der Waals surface area contributed by atoms with Crippen LogP contribution >= 0.6 is 0 Å². The van der Waals surface area contributed by atoms with Crippen molar-refractivity contribution >= 4 is 11.8 Å². The molecule has 0 spiro atoms. The van der Waals surface area contributed by atoms with Crippen LogP contribution in [0.2, 0.25) is 0 Å². The average molecular weight is 282 g/mol. The highest BCUT2D eigenvalue weighted by atomic mass is 16.5. The number of nitrogens with zero attached hydrogens (tertiary/aromatic N) is 4. The summed E-state index contributed by atoms with van der Waals surface area (Å²) in [6, 6.07) is 0. The van der Waals surface area contributed by atoms with Crippen LogP contribution in [0.4, 0.5) is 5.88 Å². The van der Waals surface area contributed by atoms with Gasteiger partial charge in [0.1, 0.15) is 0 Å². The van der Waals surface area contributed by atoms with Gasteiger partial charge in [0.25, 0.3) is 0 Å². The average Bonchev–Trinajstić information content (AvgIpc) is 3.20. The molecule has 0 radical (unpaired) electrons. The second-order valence-electron chi connectivity index (χ2n) is 5.13. The van der Waals surface area contributed by atoms with E-state index in [1.165, 1.54) is 11.7 Å². The van der Waals surface area contributed by atoms with E-state index in [0.29, 0.717) is 32.0 Å². The molecule has 1 N–H and O–H groups in total. The molecule has 1 saturated carbocycles. The van der Waals surface area contributed by atoms with Crippen LogP contribution in [0.25, 0.3) is 0 Å². The summed E-state index contributed by atoms with van der Waals surface area (Å²) < 4.78 is 10.4. The molecule has 1 unspecified atom stereocenters. The Morgan fingerprint density at radius 1 is 1.50 bits per heavy atom. The summed E-state index contributed by atoms with van der Waals surface area (Å²) in [5, 5.41) is 27.4. The third-order valence-corrected chi connectivity index (χ3v) is 3.50. The minimum atomic E-state index is -0.706. The fraction of sp³-hybridized carbons (Fsp3) is 0.750. The van der Waals surface area contributed by atoms with Crippen molar-refractivity contribution in [2.75, 3.05) is 31.3 Å². The molecule has 1 atom stereocenters. The molecule has 1 aromatic heterocycles. The summed E-state index contributed by atoms with van der Waals surface area (Å²) in [5.74, 6) is -0.0782. The molecule has 1 saturated heterocycles. The van der Waals surface area contributed by atoms with E-state index in [1.807, 2.05) is 5.01 Å². The maximum absolute atomic E-state index is 11.2. The molecule has 0 amide bonds. The van der Waals surface area contributed by atoms with Crippen LogP contribution in [0, 0.1) is 5.92 Å². The van der Waals surface area contributed by atoms with Gasteiger partial charge in [-0.25, -0.2) is 4.99 Å². The van der Waals surface area contributed by atoms with Crippen molar-refractivity contribution in [3.05, 3.63) is 5.69 Å². The van der Waals surface area contributed by atoms with E-state index < -0.39 is 6.10 Å². The van der Waals surface area contributed by atoms with Gasteiger partial charge in [0, 0.05) is 0 Å². The summed E-state index contributed by atoms with van der Waals surface area (Å²) in [5.41, 5.74) is 0.463. The van der Waals surface area contributed by atoms with Gasteiger partial charge >= 0.3 is 11.6 Å². The number of aliphatic hydroxyl groups is 1. The third-order valence-electron chi connectivity index (χ3n) is 3.50. The van der Waals surface area contributed by atoms with E-state index in [2.05, 4.69) is 10.3 Å². The fourth-order valence-corrected chi connectivity index (χ4v) is 2.30. The number of aliphatic imine (C=N–C) groups is 1. The lowest BCUT2D eigenvalue weighted by atomic mass is 10.2. The maximum atomic E-state index is 11.2. The molecule has 8 nitrogen and oxygen atoms in total. The molecule has 2 fully saturated rings. The van der Waals surface area contributed by atoms with Gasteiger partial charge in [-0.2, -0.15) is 0 Å². The first-order valence-corrected chi connectivity index (χ1v) is 6.82. The standard InChI is InChI=1S/C12H18N4O4/c1-8(17)13-12-10(11(18)9-2-3-9)16(14-20-12)15-4-6-19-7-5-15/h9,11,18H,2-7H2,1H3. The second kappa shape index (κ2) is 5.37. The maximum Gasteiger partial charge on any atom is 0.338 e. The summed E-state index contributed by atoms with van der Waals surface area (Å²) in [6.45, 7) is 3.84. The summed E-state index contributed by atoms with van der Waals surface area (Å²) in [4.78, 5) is 5.33. The lowest BCUT2D eigenvalue weighted by Gasteiger charge is -2.20. The molecular weight excluding hydrogens is 264 g/mol. The Hall–Kier alpha value is -1.67. The summed E-state index contributed by atoms with van der Waals surface area (Å²) >= 11 is 0. The van der Waals surface area contributed by atoms with Crippen molar-refractivity contribution in [1.29, 1.82) is 0 Å². The van der Waals surface area contributed by atoms with Crippen LogP contribution in [-0.2, 0) is 4.74 Å². The molecule has 0 bridgehead atoms. The molecular formula is C12H18N4O4. The monoisotopic (exact) mass is 282 g/mol. The Labute approximate surface area is 116 Å². The lowest BCUT2D eigenvalue weighted by Crippen LogP contribution is -2.65. The fourth-order valence-electron chi connectivity index (χ4n) is 2.30. The predicted octanol–water partition coefficient (Wildman–Crippen LogP) is -1.22. The highest BCUT2D eigenvalue weighted by Gasteiger charge is 2.44. The van der Waals surface area contributed by atoms with E-state index in [9.17, 15) is 10.2 Å². The molecule has 0 aromatic carbocycles. The Morgan fingerprint density at radius 3 is 2.80 bits per heavy atom. The van der Waals surface area contributed by atoms with Crippen LogP contribution in [0.15, 0.2) is 9.52 Å². The van der Waals surface area contributed by atoms with Crippen LogP contribution in [0.3, 0.4) is 0 Å². The SMILES string of the molecule is C/C([O-])=N/c1on[n+](N2CCOCC2)c1C(O)C1CC1. The topological polar surface area (TPSA) is 98.0 Å². The van der Waals surface area contributed by atoms with Crippen molar-refractivity contribution in [3.8, 4) is 0 Å². The second-order valence-corrected chi connectivity index (χ2v) is 5.13. The lowest BCUT2D eigenvalue weighted by molar-refractivity contribution is -0.768. The molecule has 20 heavy (non-hydrogen) atoms. The quantitative estimate of drug-likeness (QED) is 0.422. The molecule has 2 aliphatic rings. The van der Waals surface area contributed by atoms with Crippen molar-refractivity contribution in [2.24, 2.45) is 10.9 Å². The zero-order valence-corrected chi connectivity index (χ0v) is 11.4. The largest absolute Gasteiger partial charge is 0.862 e. The van der Waals surface area contributed by atoms with E-state index in [0.717, 1.165) is 12.8 Å². The number of morpholine rings is 1. The first-order chi connectivity index (χ1) is 9.66. The van der Waals surface area contributed by atoms with Crippen molar-refractivity contribution < 1.29 is 24.3 Å². The first kappa shape index (κ1) is 13.3. The van der Waals surface area contributed by atoms with Gasteiger partial charge in [0.05, 0.1) is 31.1 Å². The Morgan fingerprint density at radius 2 is 2.20 bits per heavy atom. The molecule has 8 heteroatoms. The van der Waals surface area contributed by atoms with E-state index in [4.69, 9.17) is 9.26 Å². The Kier molecular flexibility index (Phi) is 3.58. The summed E-state index contributed by atoms with van der Waals surface area (Å²) in [7, 11) is 0. The van der Waals surface area contributed by atoms with Gasteiger partial charge in [0.2, 0.25) is 5.27 Å². The van der Waals surface area contributed by atoms with Crippen molar-refractivity contribution in [2.45, 2.75) is 25.9 Å². The van der Waals surface area contributed by atoms with Gasteiger partial charge in [-0.3, -0.25) is 4.52 Å². The highest BCUT2D eigenvalue weighted by molar-refractivity contribution is 5.71. The number of hydrogen-bond acceptors (Lipinski definition) is 7. The van der Waals surface area contributed by atoms with Gasteiger partial charge in [-0.1, -0.05) is 0 Å². The molecule has 110 valence electrons. The van der Waals surface area contributed by atoms with Crippen LogP contribution < -0.4 is 14.9 Å². The minimum Gasteiger partial charge on any atom is -0.862 e. The smallest absolute Gasteiger partial charge is 0.338 e. The number of ether oxygens (including phenoxy) is 1. The molecule has 2 heterocycles. The number of aromatic nitrogens is 2. The molecule has 1 aromatic rings. The van der Waals surface area contributed by atoms with Crippen molar-refractivity contribution in [3.63, 3.8) is 0 Å². The Bertz CT molecular complexity index is 502. The van der Waals surface area contributed by atoms with E-state index in [-0.39, 0.29) is 17.7 Å². The highest BCUT2D eigenvalue weighted by Crippen LogP contribution is 2.42. The molecule has 1 aliphatic carbocycles. The minimum absolute atomic E-state index is 0.100. The predicted molar refractivity (Wildman–Crippen MR) is 65.9 cm³/mol. The van der Waals surface area contributed by atoms with Crippen LogP contribution in [0.1, 0.15) is 31.6 Å². The molecule has 1 aliphatic heterocycles. The van der Waals surface area contributed by atoms with Gasteiger partial charge in [0.15, 0.2) is 6.10 Å². The van der Waals surface area contributed by atoms with E-state index in [1.54, 1.807) is 0 Å². The normalized spacial score (nSPS) is 22.1. The first-order valence-electron chi connectivity index (χ1n) is 6.82. The van der Waals surface area contributed by atoms with Crippen LogP contribution in [0.5, 0.6) is 0 Å². The summed E-state index contributed by atoms with van der Waals surface area (Å²) in [6.07, 6.45) is 1.23. The van der Waals surface area contributed by atoms with Crippen molar-refractivity contribution in [1.82, 2.24) is 5.27 Å². The molecule has 3 rings (SSSR count). The van der Waals surface area contributed by atoms with Gasteiger partial charge in [-0.05, 0) is 31.6 Å². The number of aliphatic hydroxyl groups excluding tert-OH is 1. The Balaban J connectivity index is 1.95. The van der Waals surface area contributed by atoms with Gasteiger partial charge in [-0.15, -0.1) is 5.01 Å². The zero-order chi connectivity index (χ0) is 14.1. The van der Waals surface area contributed by atoms with Crippen LogP contribution in [-0.4, -0.2) is 42.6 Å². The number of rotatable bonds is 4. The third kappa shape index (κ3) is 2.61. The van der Waals surface area contributed by atoms with Gasteiger partial charge < -0.3 is 14.9 Å². The van der Waals surface area contributed by atoms with E-state index >= 15 is 0 Å². The zero-order valence-electron chi connectivity index (χ0n) is 11.4. The number of hydrogen-bond donors (Lipinski definition) is 1.